The second-order valence-corrected chi connectivity index (χ2v) is 9.48. The molecule has 1 amide bonds. The van der Waals surface area contributed by atoms with Gasteiger partial charge in [-0.1, -0.05) is 37.6 Å². The number of nitrogens with zero attached hydrogens (tertiary/aromatic N) is 2. The summed E-state index contributed by atoms with van der Waals surface area (Å²) in [6.45, 7) is 2.68. The van der Waals surface area contributed by atoms with E-state index in [4.69, 9.17) is 0 Å². The predicted molar refractivity (Wildman–Crippen MR) is 116 cm³/mol. The smallest absolute Gasteiger partial charge is 0.244 e. The number of benzene rings is 2. The highest BCUT2D eigenvalue weighted by Gasteiger charge is 2.33. The van der Waals surface area contributed by atoms with E-state index < -0.39 is 10.0 Å². The van der Waals surface area contributed by atoms with Crippen LogP contribution in [-0.2, 0) is 21.2 Å². The van der Waals surface area contributed by atoms with Crippen LogP contribution in [0.2, 0.25) is 0 Å². The monoisotopic (exact) mass is 425 g/mol. The van der Waals surface area contributed by atoms with Gasteiger partial charge < -0.3 is 5.32 Å². The number of nitrogens with one attached hydrogen (secondary N) is 1. The van der Waals surface area contributed by atoms with Gasteiger partial charge in [0, 0.05) is 24.7 Å². The van der Waals surface area contributed by atoms with Gasteiger partial charge >= 0.3 is 0 Å². The minimum atomic E-state index is -3.75. The molecular weight excluding hydrogens is 398 g/mol. The lowest BCUT2D eigenvalue weighted by atomic mass is 9.97. The fourth-order valence-electron chi connectivity index (χ4n) is 3.66. The summed E-state index contributed by atoms with van der Waals surface area (Å²) in [5.74, 6) is -0.312. The fraction of sp³-hybridized carbons (Fsp3) is 0.391. The molecule has 1 N–H and O–H groups in total. The Labute approximate surface area is 178 Å². The largest absolute Gasteiger partial charge is 0.326 e. The number of rotatable bonds is 7. The molecule has 30 heavy (non-hydrogen) atoms. The molecule has 7 heteroatoms. The van der Waals surface area contributed by atoms with Gasteiger partial charge in [-0.2, -0.15) is 9.57 Å². The molecule has 1 aliphatic heterocycles. The number of anilines is 1. The van der Waals surface area contributed by atoms with Crippen LogP contribution in [0.3, 0.4) is 0 Å². The Balaban J connectivity index is 1.58. The van der Waals surface area contributed by atoms with Gasteiger partial charge in [0.05, 0.1) is 10.5 Å². The summed E-state index contributed by atoms with van der Waals surface area (Å²) in [6.07, 6.45) is 4.23. The zero-order valence-electron chi connectivity index (χ0n) is 17.2. The molecule has 0 atom stereocenters. The zero-order chi connectivity index (χ0) is 21.6. The highest BCUT2D eigenvalue weighted by atomic mass is 32.2. The van der Waals surface area contributed by atoms with Gasteiger partial charge in [-0.15, -0.1) is 0 Å². The first kappa shape index (κ1) is 22.0. The molecule has 2 aromatic rings. The zero-order valence-corrected chi connectivity index (χ0v) is 18.0. The van der Waals surface area contributed by atoms with E-state index in [0.29, 0.717) is 12.8 Å². The number of carbonyl (C=O) groups excluding carboxylic acids is 1. The SMILES string of the molecule is CCCCc1ccc(NC(=O)C2CCN(S(=O)(=O)c3ccccc3C#N)CC2)cc1. The number of hydrogen-bond acceptors (Lipinski definition) is 4. The third kappa shape index (κ3) is 5.07. The van der Waals surface area contributed by atoms with Crippen molar-refractivity contribution >= 4 is 21.6 Å². The minimum Gasteiger partial charge on any atom is -0.326 e. The van der Waals surface area contributed by atoms with Gasteiger partial charge in [0.15, 0.2) is 0 Å². The third-order valence-corrected chi connectivity index (χ3v) is 7.45. The molecule has 2 aromatic carbocycles. The highest BCUT2D eigenvalue weighted by molar-refractivity contribution is 7.89. The summed E-state index contributed by atoms with van der Waals surface area (Å²) in [4.78, 5) is 12.7. The third-order valence-electron chi connectivity index (χ3n) is 5.49. The molecule has 0 spiro atoms. The van der Waals surface area contributed by atoms with Crippen molar-refractivity contribution in [2.24, 2.45) is 5.92 Å². The molecular formula is C23H27N3O3S. The quantitative estimate of drug-likeness (QED) is 0.727. The van der Waals surface area contributed by atoms with Crippen molar-refractivity contribution < 1.29 is 13.2 Å². The van der Waals surface area contributed by atoms with Crippen LogP contribution >= 0.6 is 0 Å². The maximum Gasteiger partial charge on any atom is 0.244 e. The fourth-order valence-corrected chi connectivity index (χ4v) is 5.27. The molecule has 3 rings (SSSR count). The second-order valence-electron chi connectivity index (χ2n) is 7.58. The minimum absolute atomic E-state index is 0.0264. The number of unbranched alkanes of at least 4 members (excludes halogenated alkanes) is 1. The molecule has 1 saturated heterocycles. The van der Waals surface area contributed by atoms with Crippen LogP contribution in [0, 0.1) is 17.2 Å². The topological polar surface area (TPSA) is 90.3 Å². The van der Waals surface area contributed by atoms with Crippen molar-refractivity contribution in [1.82, 2.24) is 4.31 Å². The van der Waals surface area contributed by atoms with E-state index in [-0.39, 0.29) is 35.4 Å². The van der Waals surface area contributed by atoms with Gasteiger partial charge in [0.1, 0.15) is 6.07 Å². The molecule has 1 aliphatic rings. The van der Waals surface area contributed by atoms with Crippen molar-refractivity contribution in [3.8, 4) is 6.07 Å². The van der Waals surface area contributed by atoms with Crippen LogP contribution in [-0.4, -0.2) is 31.7 Å². The lowest BCUT2D eigenvalue weighted by Crippen LogP contribution is -2.41. The van der Waals surface area contributed by atoms with E-state index in [1.54, 1.807) is 12.1 Å². The lowest BCUT2D eigenvalue weighted by molar-refractivity contribution is -0.120. The Morgan fingerprint density at radius 3 is 2.43 bits per heavy atom. The average molecular weight is 426 g/mol. The van der Waals surface area contributed by atoms with Crippen LogP contribution in [0.5, 0.6) is 0 Å². The first-order chi connectivity index (χ1) is 14.5. The number of amides is 1. The molecule has 1 heterocycles. The van der Waals surface area contributed by atoms with E-state index in [2.05, 4.69) is 12.2 Å². The van der Waals surface area contributed by atoms with Crippen molar-refractivity contribution in [2.75, 3.05) is 18.4 Å². The van der Waals surface area contributed by atoms with Crippen molar-refractivity contribution in [1.29, 1.82) is 5.26 Å². The van der Waals surface area contributed by atoms with E-state index in [0.717, 1.165) is 24.9 Å². The second kappa shape index (κ2) is 9.88. The predicted octanol–water partition coefficient (Wildman–Crippen LogP) is 3.94. The van der Waals surface area contributed by atoms with Crippen LogP contribution < -0.4 is 5.32 Å². The average Bonchev–Trinajstić information content (AvgIpc) is 2.78. The molecule has 6 nitrogen and oxygen atoms in total. The highest BCUT2D eigenvalue weighted by Crippen LogP contribution is 2.26. The molecule has 0 bridgehead atoms. The number of aryl methyl sites for hydroxylation is 1. The van der Waals surface area contributed by atoms with E-state index in [1.807, 2.05) is 30.3 Å². The van der Waals surface area contributed by atoms with Gasteiger partial charge in [0.2, 0.25) is 15.9 Å². The molecule has 0 saturated carbocycles. The van der Waals surface area contributed by atoms with E-state index in [1.165, 1.54) is 22.0 Å². The maximum absolute atomic E-state index is 12.9. The number of hydrogen-bond donors (Lipinski definition) is 1. The first-order valence-electron chi connectivity index (χ1n) is 10.3. The molecule has 0 aromatic heterocycles. The first-order valence-corrected chi connectivity index (χ1v) is 11.8. The Morgan fingerprint density at radius 1 is 1.13 bits per heavy atom. The number of piperidine rings is 1. The van der Waals surface area contributed by atoms with Crippen LogP contribution in [0.1, 0.15) is 43.7 Å². The summed E-state index contributed by atoms with van der Waals surface area (Å²) < 4.78 is 27.2. The van der Waals surface area contributed by atoms with Gasteiger partial charge in [-0.25, -0.2) is 8.42 Å². The van der Waals surface area contributed by atoms with Gasteiger partial charge in [-0.05, 0) is 55.5 Å². The molecule has 0 aliphatic carbocycles. The lowest BCUT2D eigenvalue weighted by Gasteiger charge is -2.30. The Bertz CT molecular complexity index is 1020. The summed E-state index contributed by atoms with van der Waals surface area (Å²) in [7, 11) is -3.75. The molecule has 0 radical (unpaired) electrons. The summed E-state index contributed by atoms with van der Waals surface area (Å²) in [5, 5.41) is 12.2. The van der Waals surface area contributed by atoms with Crippen molar-refractivity contribution in [3.05, 3.63) is 59.7 Å². The van der Waals surface area contributed by atoms with Gasteiger partial charge in [0.25, 0.3) is 0 Å². The summed E-state index contributed by atoms with van der Waals surface area (Å²) in [6, 6.07) is 16.1. The molecule has 1 fully saturated rings. The van der Waals surface area contributed by atoms with E-state index in [9.17, 15) is 18.5 Å². The standard InChI is InChI=1S/C23H27N3O3S/c1-2-3-6-18-9-11-21(12-10-18)25-23(27)19-13-15-26(16-14-19)30(28,29)22-8-5-4-7-20(22)17-24/h4-5,7-12,19H,2-3,6,13-16H2,1H3,(H,25,27). The van der Waals surface area contributed by atoms with Crippen molar-refractivity contribution in [2.45, 2.75) is 43.9 Å². The Kier molecular flexibility index (Phi) is 7.24. The van der Waals surface area contributed by atoms with Crippen LogP contribution in [0.25, 0.3) is 0 Å². The van der Waals surface area contributed by atoms with Crippen molar-refractivity contribution in [3.63, 3.8) is 0 Å². The van der Waals surface area contributed by atoms with Crippen LogP contribution in [0.15, 0.2) is 53.4 Å². The summed E-state index contributed by atoms with van der Waals surface area (Å²) >= 11 is 0. The Hall–Kier alpha value is -2.69. The normalized spacial score (nSPS) is 15.5. The van der Waals surface area contributed by atoms with Crippen LogP contribution in [0.4, 0.5) is 5.69 Å². The molecule has 0 unspecified atom stereocenters. The number of carbonyl (C=O) groups is 1. The molecule has 158 valence electrons. The summed E-state index contributed by atoms with van der Waals surface area (Å²) in [5.41, 5.74) is 2.16. The van der Waals surface area contributed by atoms with E-state index >= 15 is 0 Å². The number of sulfonamides is 1. The number of nitriles is 1. The van der Waals surface area contributed by atoms with Gasteiger partial charge in [-0.3, -0.25) is 4.79 Å². The maximum atomic E-state index is 12.9. The Morgan fingerprint density at radius 2 is 1.80 bits per heavy atom.